The maximum Gasteiger partial charge on any atom is 0.312 e. The van der Waals surface area contributed by atoms with Gasteiger partial charge in [0.25, 0.3) is 0 Å². The highest BCUT2D eigenvalue weighted by molar-refractivity contribution is 6.04. The lowest BCUT2D eigenvalue weighted by Gasteiger charge is -2.71. The molecule has 0 spiro atoms. The van der Waals surface area contributed by atoms with E-state index in [0.29, 0.717) is 29.5 Å². The van der Waals surface area contributed by atoms with Crippen molar-refractivity contribution in [1.82, 2.24) is 4.98 Å². The first-order chi connectivity index (χ1) is 19.1. The average molecular weight is 558 g/mol. The Labute approximate surface area is 247 Å². The first-order valence-corrected chi connectivity index (χ1v) is 16.1. The third kappa shape index (κ3) is 3.87. The molecule has 5 aliphatic carbocycles. The van der Waals surface area contributed by atoms with Gasteiger partial charge in [-0.1, -0.05) is 60.6 Å². The molecule has 6 rings (SSSR count). The number of pyridine rings is 1. The van der Waals surface area contributed by atoms with E-state index in [-0.39, 0.29) is 33.0 Å². The van der Waals surface area contributed by atoms with E-state index in [2.05, 4.69) is 71.7 Å². The Morgan fingerprint density at radius 3 is 2.29 bits per heavy atom. The quantitative estimate of drug-likeness (QED) is 0.208. The van der Waals surface area contributed by atoms with Gasteiger partial charge < -0.3 is 4.74 Å². The van der Waals surface area contributed by atoms with Gasteiger partial charge in [-0.3, -0.25) is 14.6 Å². The zero-order valence-corrected chi connectivity index (χ0v) is 26.7. The number of ether oxygens (including phenoxy) is 1. The molecule has 41 heavy (non-hydrogen) atoms. The third-order valence-corrected chi connectivity index (χ3v) is 13.9. The molecule has 0 bridgehead atoms. The molecule has 0 aliphatic heterocycles. The number of carbonyl (C=O) groups excluding carboxylic acids is 2. The molecule has 4 heteroatoms. The molecule has 4 nitrogen and oxygen atoms in total. The van der Waals surface area contributed by atoms with Crippen molar-refractivity contribution in [3.63, 3.8) is 0 Å². The second-order valence-corrected chi connectivity index (χ2v) is 16.6. The van der Waals surface area contributed by atoms with E-state index in [0.717, 1.165) is 62.5 Å². The highest BCUT2D eigenvalue weighted by atomic mass is 16.5. The lowest BCUT2D eigenvalue weighted by atomic mass is 9.32. The maximum atomic E-state index is 14.0. The van der Waals surface area contributed by atoms with Crippen LogP contribution in [0.2, 0.25) is 0 Å². The zero-order valence-electron chi connectivity index (χ0n) is 26.7. The second-order valence-electron chi connectivity index (χ2n) is 16.6. The molecular formula is C37H51NO3. The number of aromatic nitrogens is 1. The summed E-state index contributed by atoms with van der Waals surface area (Å²) in [4.78, 5) is 31.7. The van der Waals surface area contributed by atoms with E-state index in [1.165, 1.54) is 0 Å². The number of hydrogen-bond donors (Lipinski definition) is 0. The number of esters is 1. The zero-order chi connectivity index (χ0) is 29.6. The average Bonchev–Trinajstić information content (AvgIpc) is 2.92. The second kappa shape index (κ2) is 9.13. The Balaban J connectivity index is 1.45. The number of allylic oxidation sites excluding steroid dienone is 3. The topological polar surface area (TPSA) is 56.3 Å². The molecule has 4 saturated carbocycles. The van der Waals surface area contributed by atoms with E-state index >= 15 is 0 Å². The van der Waals surface area contributed by atoms with Gasteiger partial charge in [-0.2, -0.15) is 0 Å². The first kappa shape index (κ1) is 28.9. The fraction of sp³-hybridized carbons (Fsp3) is 0.703. The van der Waals surface area contributed by atoms with Gasteiger partial charge in [-0.15, -0.1) is 0 Å². The first-order valence-electron chi connectivity index (χ1n) is 16.1. The van der Waals surface area contributed by atoms with E-state index in [9.17, 15) is 9.59 Å². The molecule has 1 aromatic heterocycles. The number of fused-ring (bicyclic) bond motifs is 7. The molecule has 222 valence electrons. The van der Waals surface area contributed by atoms with Gasteiger partial charge in [-0.05, 0) is 126 Å². The third-order valence-electron chi connectivity index (χ3n) is 13.9. The standard InChI is InChI=1S/C37H51NO3/c1-32(2)15-17-37(31(40)41-8)18-16-35(6)26(27(37)23-32)9-10-29-34(5)22-25(21-24-12-19-38-20-13-24)30(39)33(3,4)28(34)11-14-36(29,35)7/h9-10,12-13,19-21,26-29H,11,14-18,22-23H2,1-8H3/b25-21-/t26?,27?,28?,29?,34-,35+,36+,37-/m0/s1. The van der Waals surface area contributed by atoms with Crippen molar-refractivity contribution >= 4 is 17.8 Å². The summed E-state index contributed by atoms with van der Waals surface area (Å²) in [6.07, 6.45) is 19.0. The van der Waals surface area contributed by atoms with Crippen LogP contribution in [0.3, 0.4) is 0 Å². The number of nitrogens with zero attached hydrogens (tertiary/aromatic N) is 1. The Hall–Kier alpha value is -2.23. The summed E-state index contributed by atoms with van der Waals surface area (Å²) in [5, 5.41) is 0. The van der Waals surface area contributed by atoms with E-state index < -0.39 is 5.41 Å². The molecule has 0 aromatic carbocycles. The van der Waals surface area contributed by atoms with Gasteiger partial charge in [0.2, 0.25) is 0 Å². The minimum absolute atomic E-state index is 0.0174. The molecule has 0 saturated heterocycles. The maximum absolute atomic E-state index is 14.0. The van der Waals surface area contributed by atoms with Crippen molar-refractivity contribution in [2.24, 2.45) is 56.2 Å². The van der Waals surface area contributed by atoms with Crippen LogP contribution >= 0.6 is 0 Å². The summed E-state index contributed by atoms with van der Waals surface area (Å²) in [5.41, 5.74) is 1.66. The highest BCUT2D eigenvalue weighted by Crippen LogP contribution is 2.75. The summed E-state index contributed by atoms with van der Waals surface area (Å²) in [6, 6.07) is 4.00. The van der Waals surface area contributed by atoms with Crippen molar-refractivity contribution in [2.45, 2.75) is 99.8 Å². The van der Waals surface area contributed by atoms with Gasteiger partial charge in [0.05, 0.1) is 12.5 Å². The van der Waals surface area contributed by atoms with Crippen LogP contribution in [-0.2, 0) is 14.3 Å². The Morgan fingerprint density at radius 1 is 0.927 bits per heavy atom. The van der Waals surface area contributed by atoms with Crippen LogP contribution in [-0.4, -0.2) is 23.8 Å². The summed E-state index contributed by atoms with van der Waals surface area (Å²) in [5.74, 6) is 1.73. The van der Waals surface area contributed by atoms with Gasteiger partial charge in [-0.25, -0.2) is 0 Å². The van der Waals surface area contributed by atoms with Crippen LogP contribution in [0, 0.1) is 56.2 Å². The van der Waals surface area contributed by atoms with Crippen LogP contribution in [0.15, 0.2) is 42.3 Å². The molecular weight excluding hydrogens is 506 g/mol. The Morgan fingerprint density at radius 2 is 1.61 bits per heavy atom. The van der Waals surface area contributed by atoms with E-state index in [1.54, 1.807) is 7.11 Å². The number of hydrogen-bond acceptors (Lipinski definition) is 4. The van der Waals surface area contributed by atoms with Crippen LogP contribution in [0.1, 0.15) is 105 Å². The molecule has 1 aromatic rings. The number of methoxy groups -OCH3 is 1. The smallest absolute Gasteiger partial charge is 0.312 e. The SMILES string of the molecule is COC(=O)[C@]12CCC(C)(C)CC1C1C=CC3[C@@]4(C)C/C(=C/c5ccncc5)C(=O)C(C)(C)C4CC[C@@]3(C)[C@]1(C)CC2. The predicted octanol–water partition coefficient (Wildman–Crippen LogP) is 8.47. The van der Waals surface area contributed by atoms with E-state index in [1.807, 2.05) is 24.5 Å². The van der Waals surface area contributed by atoms with Crippen molar-refractivity contribution in [2.75, 3.05) is 7.11 Å². The highest BCUT2D eigenvalue weighted by Gasteiger charge is 2.70. The minimum Gasteiger partial charge on any atom is -0.469 e. The summed E-state index contributed by atoms with van der Waals surface area (Å²) < 4.78 is 5.54. The molecule has 0 amide bonds. The number of Topliss-reactive ketones (excluding diaryl/α,β-unsaturated/α-hetero) is 1. The molecule has 4 fully saturated rings. The summed E-state index contributed by atoms with van der Waals surface area (Å²) in [7, 11) is 1.58. The fourth-order valence-electron chi connectivity index (χ4n) is 11.5. The molecule has 0 N–H and O–H groups in total. The van der Waals surface area contributed by atoms with Crippen LogP contribution in [0.4, 0.5) is 0 Å². The monoisotopic (exact) mass is 557 g/mol. The molecule has 8 atom stereocenters. The molecule has 5 aliphatic rings. The molecule has 4 unspecified atom stereocenters. The number of ketones is 1. The minimum atomic E-state index is -0.404. The van der Waals surface area contributed by atoms with Gasteiger partial charge in [0.15, 0.2) is 5.78 Å². The van der Waals surface area contributed by atoms with Crippen molar-refractivity contribution in [3.05, 3.63) is 47.8 Å². The molecule has 0 radical (unpaired) electrons. The normalized spacial score (nSPS) is 45.2. The van der Waals surface area contributed by atoms with Crippen molar-refractivity contribution < 1.29 is 14.3 Å². The summed E-state index contributed by atoms with van der Waals surface area (Å²) in [6.45, 7) is 16.8. The van der Waals surface area contributed by atoms with Crippen LogP contribution in [0.25, 0.3) is 6.08 Å². The lowest BCUT2D eigenvalue weighted by molar-refractivity contribution is -0.208. The molecule has 1 heterocycles. The predicted molar refractivity (Wildman–Crippen MR) is 164 cm³/mol. The number of carbonyl (C=O) groups is 2. The fourth-order valence-corrected chi connectivity index (χ4v) is 11.5. The largest absolute Gasteiger partial charge is 0.469 e. The van der Waals surface area contributed by atoms with Gasteiger partial charge >= 0.3 is 5.97 Å². The van der Waals surface area contributed by atoms with Crippen LogP contribution < -0.4 is 0 Å². The number of rotatable bonds is 2. The van der Waals surface area contributed by atoms with Crippen molar-refractivity contribution in [1.29, 1.82) is 0 Å². The van der Waals surface area contributed by atoms with Crippen LogP contribution in [0.5, 0.6) is 0 Å². The van der Waals surface area contributed by atoms with Gasteiger partial charge in [0, 0.05) is 17.8 Å². The summed E-state index contributed by atoms with van der Waals surface area (Å²) >= 11 is 0. The van der Waals surface area contributed by atoms with E-state index in [4.69, 9.17) is 4.74 Å². The Bertz CT molecular complexity index is 1310. The van der Waals surface area contributed by atoms with Crippen molar-refractivity contribution in [3.8, 4) is 0 Å². The Kier molecular flexibility index (Phi) is 6.43. The van der Waals surface area contributed by atoms with Gasteiger partial charge in [0.1, 0.15) is 0 Å². The lowest BCUT2D eigenvalue weighted by Crippen LogP contribution is -2.66.